The molecule has 1 aliphatic heterocycles. The van der Waals surface area contributed by atoms with Crippen molar-refractivity contribution in [1.29, 1.82) is 0 Å². The Hall–Kier alpha value is -1.77. The maximum absolute atomic E-state index is 12.6. The molecule has 0 spiro atoms. The Labute approximate surface area is 158 Å². The lowest BCUT2D eigenvalue weighted by Crippen LogP contribution is -2.42. The summed E-state index contributed by atoms with van der Waals surface area (Å²) in [6.45, 7) is 0.175. The number of rotatable bonds is 7. The van der Waals surface area contributed by atoms with E-state index in [1.807, 2.05) is 40.6 Å². The molecule has 26 heavy (non-hydrogen) atoms. The molecule has 0 unspecified atom stereocenters. The van der Waals surface area contributed by atoms with E-state index >= 15 is 0 Å². The summed E-state index contributed by atoms with van der Waals surface area (Å²) in [6.07, 6.45) is 2.99. The SMILES string of the molecule is CN(CC(=O)N[C@H](Cc1cccs1)c1ccccn1)[C@H]1CCS(=O)(=O)C1. The molecule has 0 radical (unpaired) electrons. The van der Waals surface area contributed by atoms with E-state index in [0.29, 0.717) is 12.8 Å². The summed E-state index contributed by atoms with van der Waals surface area (Å²) in [5, 5.41) is 5.08. The Kier molecular flexibility index (Phi) is 6.05. The summed E-state index contributed by atoms with van der Waals surface area (Å²) >= 11 is 1.65. The van der Waals surface area contributed by atoms with Gasteiger partial charge in [0.15, 0.2) is 9.84 Å². The lowest BCUT2D eigenvalue weighted by Gasteiger charge is -2.24. The minimum atomic E-state index is -2.96. The van der Waals surface area contributed by atoms with E-state index in [1.165, 1.54) is 4.88 Å². The molecule has 0 bridgehead atoms. The van der Waals surface area contributed by atoms with Crippen molar-refractivity contribution in [3.63, 3.8) is 0 Å². The van der Waals surface area contributed by atoms with E-state index in [1.54, 1.807) is 24.6 Å². The van der Waals surface area contributed by atoms with Crippen molar-refractivity contribution in [2.45, 2.75) is 24.9 Å². The van der Waals surface area contributed by atoms with Gasteiger partial charge in [0.25, 0.3) is 0 Å². The second-order valence-corrected chi connectivity index (χ2v) is 9.89. The van der Waals surface area contributed by atoms with Crippen molar-refractivity contribution >= 4 is 27.1 Å². The molecule has 0 aromatic carbocycles. The molecule has 0 saturated carbocycles. The summed E-state index contributed by atoms with van der Waals surface area (Å²) in [4.78, 5) is 20.0. The Morgan fingerprint density at radius 3 is 2.85 bits per heavy atom. The zero-order valence-corrected chi connectivity index (χ0v) is 16.3. The van der Waals surface area contributed by atoms with E-state index in [2.05, 4.69) is 10.3 Å². The average Bonchev–Trinajstić information content (AvgIpc) is 3.24. The van der Waals surface area contributed by atoms with Gasteiger partial charge in [0.1, 0.15) is 0 Å². The quantitative estimate of drug-likeness (QED) is 0.774. The van der Waals surface area contributed by atoms with Crippen LogP contribution in [0.25, 0.3) is 0 Å². The molecule has 2 aromatic rings. The predicted octanol–water partition coefficient (Wildman–Crippen LogP) is 1.66. The van der Waals surface area contributed by atoms with Gasteiger partial charge in [0, 0.05) is 23.5 Å². The number of amides is 1. The molecule has 2 atom stereocenters. The molecular weight excluding hydrogens is 370 g/mol. The number of carbonyl (C=O) groups is 1. The third kappa shape index (κ3) is 5.12. The number of hydrogen-bond donors (Lipinski definition) is 1. The van der Waals surface area contributed by atoms with Crippen LogP contribution in [-0.2, 0) is 21.1 Å². The van der Waals surface area contributed by atoms with Crippen molar-refractivity contribution in [1.82, 2.24) is 15.2 Å². The van der Waals surface area contributed by atoms with Crippen LogP contribution in [0.2, 0.25) is 0 Å². The first-order valence-corrected chi connectivity index (χ1v) is 11.3. The third-order valence-corrected chi connectivity index (χ3v) is 7.24. The van der Waals surface area contributed by atoms with Crippen LogP contribution in [0.4, 0.5) is 0 Å². The fraction of sp³-hybridized carbons (Fsp3) is 0.444. The van der Waals surface area contributed by atoms with Gasteiger partial charge in [-0.15, -0.1) is 11.3 Å². The van der Waals surface area contributed by atoms with Gasteiger partial charge in [-0.25, -0.2) is 8.42 Å². The molecule has 2 aromatic heterocycles. The van der Waals surface area contributed by atoms with Crippen LogP contribution in [0.3, 0.4) is 0 Å². The maximum atomic E-state index is 12.6. The summed E-state index contributed by atoms with van der Waals surface area (Å²) in [5.74, 6) is 0.220. The number of sulfone groups is 1. The maximum Gasteiger partial charge on any atom is 0.234 e. The molecule has 1 aliphatic rings. The number of thiophene rings is 1. The highest BCUT2D eigenvalue weighted by Crippen LogP contribution is 2.20. The van der Waals surface area contributed by atoms with Crippen LogP contribution in [0.5, 0.6) is 0 Å². The summed E-state index contributed by atoms with van der Waals surface area (Å²) < 4.78 is 23.3. The van der Waals surface area contributed by atoms with Gasteiger partial charge in [0.2, 0.25) is 5.91 Å². The van der Waals surface area contributed by atoms with Gasteiger partial charge in [-0.1, -0.05) is 12.1 Å². The molecule has 1 N–H and O–H groups in total. The van der Waals surface area contributed by atoms with Crippen LogP contribution in [0.1, 0.15) is 23.0 Å². The van der Waals surface area contributed by atoms with Crippen LogP contribution >= 0.6 is 11.3 Å². The highest BCUT2D eigenvalue weighted by molar-refractivity contribution is 7.91. The summed E-state index contributed by atoms with van der Waals surface area (Å²) in [5.41, 5.74) is 0.820. The minimum absolute atomic E-state index is 0.0867. The number of pyridine rings is 1. The van der Waals surface area contributed by atoms with Gasteiger partial charge in [0.05, 0.1) is 29.8 Å². The van der Waals surface area contributed by atoms with Crippen LogP contribution < -0.4 is 5.32 Å². The van der Waals surface area contributed by atoms with Gasteiger partial charge >= 0.3 is 0 Å². The Balaban J connectivity index is 1.63. The second kappa shape index (κ2) is 8.28. The molecule has 3 rings (SSSR count). The number of nitrogens with one attached hydrogen (secondary N) is 1. The van der Waals surface area contributed by atoms with E-state index in [0.717, 1.165) is 5.69 Å². The fourth-order valence-electron chi connectivity index (χ4n) is 3.16. The van der Waals surface area contributed by atoms with E-state index < -0.39 is 9.84 Å². The number of nitrogens with zero attached hydrogens (tertiary/aromatic N) is 2. The van der Waals surface area contributed by atoms with E-state index in [9.17, 15) is 13.2 Å². The Morgan fingerprint density at radius 2 is 2.23 bits per heavy atom. The highest BCUT2D eigenvalue weighted by Gasteiger charge is 2.31. The molecule has 1 saturated heterocycles. The normalized spacial score (nSPS) is 20.2. The molecule has 140 valence electrons. The van der Waals surface area contributed by atoms with E-state index in [-0.39, 0.29) is 36.0 Å². The average molecular weight is 394 g/mol. The zero-order valence-electron chi connectivity index (χ0n) is 14.7. The van der Waals surface area contributed by atoms with E-state index in [4.69, 9.17) is 0 Å². The molecule has 1 amide bonds. The summed E-state index contributed by atoms with van der Waals surface area (Å²) in [6, 6.07) is 9.41. The van der Waals surface area contributed by atoms with Crippen molar-refractivity contribution in [2.24, 2.45) is 0 Å². The van der Waals surface area contributed by atoms with Crippen molar-refractivity contribution in [2.75, 3.05) is 25.1 Å². The second-order valence-electron chi connectivity index (χ2n) is 6.63. The first-order valence-electron chi connectivity index (χ1n) is 8.56. The Morgan fingerprint density at radius 1 is 1.38 bits per heavy atom. The topological polar surface area (TPSA) is 79.4 Å². The van der Waals surface area contributed by atoms with Crippen LogP contribution in [-0.4, -0.2) is 55.3 Å². The molecule has 6 nitrogen and oxygen atoms in total. The number of likely N-dealkylation sites (N-methyl/N-ethyl adjacent to an activating group) is 1. The molecule has 1 fully saturated rings. The monoisotopic (exact) mass is 393 g/mol. The number of aromatic nitrogens is 1. The van der Waals surface area contributed by atoms with Crippen molar-refractivity contribution < 1.29 is 13.2 Å². The van der Waals surface area contributed by atoms with Crippen LogP contribution in [0.15, 0.2) is 41.9 Å². The molecule has 8 heteroatoms. The lowest BCUT2D eigenvalue weighted by atomic mass is 10.1. The molecular formula is C18H23N3O3S2. The standard InChI is InChI=1S/C18H23N3O3S2/c1-21(14-7-10-26(23,24)13-14)12-18(22)20-17(11-15-5-4-9-25-15)16-6-2-3-8-19-16/h2-6,8-9,14,17H,7,10-13H2,1H3,(H,20,22)/t14-,17+/m0/s1. The Bertz CT molecular complexity index is 823. The van der Waals surface area contributed by atoms with Gasteiger partial charge in [-0.05, 0) is 37.0 Å². The first kappa shape index (κ1) is 19.0. The first-order chi connectivity index (χ1) is 12.4. The predicted molar refractivity (Wildman–Crippen MR) is 103 cm³/mol. The highest BCUT2D eigenvalue weighted by atomic mass is 32.2. The summed E-state index contributed by atoms with van der Waals surface area (Å²) in [7, 11) is -1.15. The third-order valence-electron chi connectivity index (χ3n) is 4.59. The smallest absolute Gasteiger partial charge is 0.234 e. The zero-order chi connectivity index (χ0) is 18.6. The van der Waals surface area contributed by atoms with Gasteiger partial charge in [-0.2, -0.15) is 0 Å². The largest absolute Gasteiger partial charge is 0.346 e. The fourth-order valence-corrected chi connectivity index (χ4v) is 5.72. The van der Waals surface area contributed by atoms with Gasteiger partial charge in [-0.3, -0.25) is 14.7 Å². The number of hydrogen-bond acceptors (Lipinski definition) is 6. The molecule has 0 aliphatic carbocycles. The van der Waals surface area contributed by atoms with Gasteiger partial charge < -0.3 is 5.32 Å². The molecule has 3 heterocycles. The lowest BCUT2D eigenvalue weighted by molar-refractivity contribution is -0.123. The van der Waals surface area contributed by atoms with Crippen molar-refractivity contribution in [3.05, 3.63) is 52.5 Å². The van der Waals surface area contributed by atoms with Crippen LogP contribution in [0, 0.1) is 0 Å². The van der Waals surface area contributed by atoms with Crippen molar-refractivity contribution in [3.8, 4) is 0 Å². The number of carbonyl (C=O) groups excluding carboxylic acids is 1. The minimum Gasteiger partial charge on any atom is -0.346 e.